The van der Waals surface area contributed by atoms with Crippen LogP contribution in [-0.2, 0) is 0 Å². The predicted molar refractivity (Wildman–Crippen MR) is 60.0 cm³/mol. The molecule has 0 aliphatic carbocycles. The van der Waals surface area contributed by atoms with Gasteiger partial charge in [-0.05, 0) is 31.8 Å². The van der Waals surface area contributed by atoms with Gasteiger partial charge < -0.3 is 5.43 Å². The predicted octanol–water partition coefficient (Wildman–Crippen LogP) is 2.96. The maximum absolute atomic E-state index is 4.17. The van der Waals surface area contributed by atoms with E-state index < -0.39 is 0 Å². The first-order chi connectivity index (χ1) is 5.88. The third kappa shape index (κ3) is 5.45. The van der Waals surface area contributed by atoms with Crippen LogP contribution in [0.3, 0.4) is 0 Å². The fourth-order valence-corrected chi connectivity index (χ4v) is 0.957. The molecule has 0 amide bonds. The van der Waals surface area contributed by atoms with Gasteiger partial charge in [0.25, 0.3) is 0 Å². The van der Waals surface area contributed by atoms with Crippen molar-refractivity contribution in [1.82, 2.24) is 5.43 Å². The van der Waals surface area contributed by atoms with E-state index >= 15 is 0 Å². The molecule has 0 aromatic heterocycles. The lowest BCUT2D eigenvalue weighted by molar-refractivity contribution is 0.523. The van der Waals surface area contributed by atoms with E-state index in [-0.39, 0.29) is 5.41 Å². The zero-order valence-corrected chi connectivity index (χ0v) is 9.68. The van der Waals surface area contributed by atoms with Crippen LogP contribution in [0.15, 0.2) is 16.8 Å². The highest BCUT2D eigenvalue weighted by atomic mass is 15.3. The van der Waals surface area contributed by atoms with E-state index in [1.807, 2.05) is 13.1 Å². The maximum atomic E-state index is 4.17. The summed E-state index contributed by atoms with van der Waals surface area (Å²) in [4.78, 5) is 0. The number of nitrogens with zero attached hydrogens (tertiary/aromatic N) is 1. The molecule has 0 saturated heterocycles. The van der Waals surface area contributed by atoms with Gasteiger partial charge in [-0.1, -0.05) is 26.8 Å². The van der Waals surface area contributed by atoms with Crippen molar-refractivity contribution in [2.45, 2.75) is 47.6 Å². The molecule has 0 fully saturated rings. The Morgan fingerprint density at radius 2 is 1.85 bits per heavy atom. The average Bonchev–Trinajstić information content (AvgIpc) is 1.95. The van der Waals surface area contributed by atoms with Crippen molar-refractivity contribution in [2.75, 3.05) is 0 Å². The van der Waals surface area contributed by atoms with Crippen molar-refractivity contribution in [2.24, 2.45) is 10.5 Å². The van der Waals surface area contributed by atoms with Gasteiger partial charge in [-0.2, -0.15) is 5.10 Å². The molecule has 0 aromatic carbocycles. The Morgan fingerprint density at radius 3 is 2.15 bits per heavy atom. The summed E-state index contributed by atoms with van der Waals surface area (Å²) in [5, 5.41) is 4.17. The molecule has 0 heterocycles. The van der Waals surface area contributed by atoms with Crippen LogP contribution >= 0.6 is 0 Å². The molecule has 0 saturated carbocycles. The Balaban J connectivity index is 4.24. The van der Waals surface area contributed by atoms with Gasteiger partial charge in [0.2, 0.25) is 0 Å². The summed E-state index contributed by atoms with van der Waals surface area (Å²) < 4.78 is 0. The highest BCUT2D eigenvalue weighted by molar-refractivity contribution is 5.79. The first kappa shape index (κ1) is 12.2. The van der Waals surface area contributed by atoms with Gasteiger partial charge in [0.15, 0.2) is 0 Å². The van der Waals surface area contributed by atoms with Crippen molar-refractivity contribution in [3.63, 3.8) is 0 Å². The van der Waals surface area contributed by atoms with Crippen LogP contribution in [0.5, 0.6) is 0 Å². The van der Waals surface area contributed by atoms with Crippen LogP contribution in [0.2, 0.25) is 0 Å². The molecule has 2 heteroatoms. The van der Waals surface area contributed by atoms with E-state index in [1.54, 1.807) is 0 Å². The molecule has 76 valence electrons. The Morgan fingerprint density at radius 1 is 1.31 bits per heavy atom. The van der Waals surface area contributed by atoms with E-state index in [1.165, 1.54) is 5.57 Å². The molecular formula is C11H22N2. The summed E-state index contributed by atoms with van der Waals surface area (Å²) in [5.41, 5.74) is 4.44. The fourth-order valence-electron chi connectivity index (χ4n) is 0.957. The molecule has 2 nitrogen and oxygen atoms in total. The quantitative estimate of drug-likeness (QED) is 0.526. The van der Waals surface area contributed by atoms with Crippen LogP contribution in [0.1, 0.15) is 41.5 Å². The van der Waals surface area contributed by atoms with Gasteiger partial charge >= 0.3 is 0 Å². The van der Waals surface area contributed by atoms with E-state index in [0.29, 0.717) is 6.04 Å². The lowest BCUT2D eigenvalue weighted by Crippen LogP contribution is -2.18. The molecule has 0 unspecified atom stereocenters. The Bertz CT molecular complexity index is 195. The minimum absolute atomic E-state index is 0.177. The van der Waals surface area contributed by atoms with Crippen LogP contribution < -0.4 is 5.43 Å². The highest BCUT2D eigenvalue weighted by Gasteiger charge is 2.13. The van der Waals surface area contributed by atoms with E-state index in [9.17, 15) is 0 Å². The summed E-state index contributed by atoms with van der Waals surface area (Å²) in [6.45, 7) is 12.7. The summed E-state index contributed by atoms with van der Waals surface area (Å²) in [5.74, 6) is 0. The highest BCUT2D eigenvalue weighted by Crippen LogP contribution is 2.22. The minimum atomic E-state index is 0.177. The van der Waals surface area contributed by atoms with E-state index in [0.717, 1.165) is 0 Å². The number of rotatable bonds is 3. The van der Waals surface area contributed by atoms with E-state index in [4.69, 9.17) is 0 Å². The maximum Gasteiger partial charge on any atom is 0.0502 e. The van der Waals surface area contributed by atoms with Crippen LogP contribution in [0.25, 0.3) is 0 Å². The van der Waals surface area contributed by atoms with Crippen molar-refractivity contribution >= 4 is 6.21 Å². The van der Waals surface area contributed by atoms with Crippen molar-refractivity contribution in [1.29, 1.82) is 0 Å². The molecule has 0 spiro atoms. The van der Waals surface area contributed by atoms with E-state index in [2.05, 4.69) is 51.2 Å². The number of hydrazone groups is 1. The van der Waals surface area contributed by atoms with Crippen molar-refractivity contribution in [3.05, 3.63) is 11.6 Å². The molecule has 0 aliphatic rings. The Hall–Kier alpha value is -0.790. The zero-order chi connectivity index (χ0) is 10.5. The zero-order valence-electron chi connectivity index (χ0n) is 9.68. The first-order valence-corrected chi connectivity index (χ1v) is 4.83. The molecule has 13 heavy (non-hydrogen) atoms. The minimum Gasteiger partial charge on any atom is -0.308 e. The molecule has 1 N–H and O–H groups in total. The molecule has 0 bridgehead atoms. The molecule has 0 rings (SSSR count). The monoisotopic (exact) mass is 182 g/mol. The molecule has 0 aromatic rings. The van der Waals surface area contributed by atoms with Gasteiger partial charge in [-0.25, -0.2) is 0 Å². The van der Waals surface area contributed by atoms with Crippen molar-refractivity contribution in [3.8, 4) is 0 Å². The number of allylic oxidation sites excluding steroid dienone is 2. The standard InChI is InChI=1S/C11H22N2/c1-7-10(11(4,5)6)8-12-13-9(2)3/h7-9,13H,1-6H3/b10-7+,12-8-. The van der Waals surface area contributed by atoms with Gasteiger partial charge in [0.1, 0.15) is 0 Å². The summed E-state index contributed by atoms with van der Waals surface area (Å²) in [6, 6.07) is 0.398. The normalized spacial score (nSPS) is 14.2. The lowest BCUT2D eigenvalue weighted by Gasteiger charge is -2.19. The number of hydrogen-bond donors (Lipinski definition) is 1. The molecule has 0 aliphatic heterocycles. The third-order valence-corrected chi connectivity index (χ3v) is 1.71. The van der Waals surface area contributed by atoms with Crippen LogP contribution in [-0.4, -0.2) is 12.3 Å². The SMILES string of the molecule is C/C=C(\C=N/NC(C)C)C(C)(C)C. The lowest BCUT2D eigenvalue weighted by atomic mass is 9.87. The summed E-state index contributed by atoms with van der Waals surface area (Å²) in [7, 11) is 0. The molecule has 0 radical (unpaired) electrons. The molecular weight excluding hydrogens is 160 g/mol. The van der Waals surface area contributed by atoms with Crippen LogP contribution in [0, 0.1) is 5.41 Å². The smallest absolute Gasteiger partial charge is 0.0502 e. The second-order valence-electron chi connectivity index (χ2n) is 4.54. The largest absolute Gasteiger partial charge is 0.308 e. The Labute approximate surface area is 82.1 Å². The number of nitrogens with one attached hydrogen (secondary N) is 1. The average molecular weight is 182 g/mol. The molecule has 0 atom stereocenters. The third-order valence-electron chi connectivity index (χ3n) is 1.71. The summed E-state index contributed by atoms with van der Waals surface area (Å²) >= 11 is 0. The van der Waals surface area contributed by atoms with Crippen molar-refractivity contribution < 1.29 is 0 Å². The van der Waals surface area contributed by atoms with Crippen LogP contribution in [0.4, 0.5) is 0 Å². The first-order valence-electron chi connectivity index (χ1n) is 4.83. The van der Waals surface area contributed by atoms with Gasteiger partial charge in [-0.15, -0.1) is 0 Å². The second kappa shape index (κ2) is 5.05. The Kier molecular flexibility index (Phi) is 4.74. The fraction of sp³-hybridized carbons (Fsp3) is 0.727. The summed E-state index contributed by atoms with van der Waals surface area (Å²) in [6.07, 6.45) is 4.01. The van der Waals surface area contributed by atoms with Gasteiger partial charge in [0.05, 0.1) is 6.21 Å². The topological polar surface area (TPSA) is 24.4 Å². The second-order valence-corrected chi connectivity index (χ2v) is 4.54. The van der Waals surface area contributed by atoms with Gasteiger partial charge in [0, 0.05) is 6.04 Å². The van der Waals surface area contributed by atoms with Gasteiger partial charge in [-0.3, -0.25) is 0 Å². The number of hydrogen-bond acceptors (Lipinski definition) is 2.